The summed E-state index contributed by atoms with van der Waals surface area (Å²) < 4.78 is 12.7. The molecule has 17 heavy (non-hydrogen) atoms. The number of carbonyl (C=O) groups excluding carboxylic acids is 1. The lowest BCUT2D eigenvalue weighted by Gasteiger charge is -2.22. The topological polar surface area (TPSA) is 90.0 Å². The second-order valence-corrected chi connectivity index (χ2v) is 5.86. The molecule has 7 heteroatoms. The van der Waals surface area contributed by atoms with Gasteiger partial charge >= 0.3 is 0 Å². The van der Waals surface area contributed by atoms with Crippen molar-refractivity contribution in [1.29, 1.82) is 0 Å². The SMILES string of the molecule is Cn1ncc(N)c1C(=O)NC1CCS(=O)CC1. The smallest absolute Gasteiger partial charge is 0.271 e. The average Bonchev–Trinajstić information content (AvgIpc) is 2.62. The fourth-order valence-electron chi connectivity index (χ4n) is 1.92. The van der Waals surface area contributed by atoms with Crippen molar-refractivity contribution in [3.8, 4) is 0 Å². The summed E-state index contributed by atoms with van der Waals surface area (Å²) in [7, 11) is 0.967. The summed E-state index contributed by atoms with van der Waals surface area (Å²) in [4.78, 5) is 12.0. The highest BCUT2D eigenvalue weighted by Gasteiger charge is 2.22. The van der Waals surface area contributed by atoms with Crippen LogP contribution in [0.5, 0.6) is 0 Å². The van der Waals surface area contributed by atoms with Crippen molar-refractivity contribution in [3.63, 3.8) is 0 Å². The number of rotatable bonds is 2. The molecule has 94 valence electrons. The van der Waals surface area contributed by atoms with E-state index in [0.717, 1.165) is 12.8 Å². The van der Waals surface area contributed by atoms with Crippen LogP contribution in [0, 0.1) is 0 Å². The lowest BCUT2D eigenvalue weighted by molar-refractivity contribution is 0.0926. The maximum absolute atomic E-state index is 12.0. The van der Waals surface area contributed by atoms with Gasteiger partial charge in [-0.25, -0.2) is 0 Å². The summed E-state index contributed by atoms with van der Waals surface area (Å²) in [6.07, 6.45) is 2.98. The number of aryl methyl sites for hydroxylation is 1. The Morgan fingerprint density at radius 2 is 2.24 bits per heavy atom. The molecule has 1 amide bonds. The Morgan fingerprint density at radius 1 is 1.59 bits per heavy atom. The number of nitrogens with two attached hydrogens (primary N) is 1. The summed E-state index contributed by atoms with van der Waals surface area (Å²) in [6, 6.07) is 0.0921. The Morgan fingerprint density at radius 3 is 2.76 bits per heavy atom. The van der Waals surface area contributed by atoms with Crippen molar-refractivity contribution in [1.82, 2.24) is 15.1 Å². The van der Waals surface area contributed by atoms with E-state index >= 15 is 0 Å². The summed E-state index contributed by atoms with van der Waals surface area (Å²) in [6.45, 7) is 0. The van der Waals surface area contributed by atoms with Gasteiger partial charge in [-0.05, 0) is 12.8 Å². The molecule has 2 heterocycles. The maximum Gasteiger partial charge on any atom is 0.271 e. The molecule has 2 rings (SSSR count). The molecule has 1 saturated heterocycles. The van der Waals surface area contributed by atoms with Crippen LogP contribution in [0.3, 0.4) is 0 Å². The number of hydrogen-bond donors (Lipinski definition) is 2. The van der Waals surface area contributed by atoms with Crippen molar-refractivity contribution in [2.24, 2.45) is 7.05 Å². The predicted octanol–water partition coefficient (Wildman–Crippen LogP) is -0.357. The first-order chi connectivity index (χ1) is 8.08. The summed E-state index contributed by atoms with van der Waals surface area (Å²) in [5.41, 5.74) is 6.44. The Balaban J connectivity index is 2.00. The van der Waals surface area contributed by atoms with Crippen molar-refractivity contribution in [2.75, 3.05) is 17.2 Å². The van der Waals surface area contributed by atoms with E-state index in [9.17, 15) is 9.00 Å². The van der Waals surface area contributed by atoms with Gasteiger partial charge in [-0.15, -0.1) is 0 Å². The average molecular weight is 256 g/mol. The van der Waals surface area contributed by atoms with Gasteiger partial charge in [0.25, 0.3) is 5.91 Å². The molecule has 6 nitrogen and oxygen atoms in total. The summed E-state index contributed by atoms with van der Waals surface area (Å²) in [5, 5.41) is 6.83. The number of aromatic nitrogens is 2. The Hall–Kier alpha value is -1.37. The first kappa shape index (κ1) is 12.1. The van der Waals surface area contributed by atoms with Crippen LogP contribution in [-0.4, -0.2) is 37.4 Å². The van der Waals surface area contributed by atoms with Crippen LogP contribution in [0.1, 0.15) is 23.3 Å². The van der Waals surface area contributed by atoms with Gasteiger partial charge in [-0.1, -0.05) is 0 Å². The minimum Gasteiger partial charge on any atom is -0.396 e. The molecule has 0 radical (unpaired) electrons. The molecular weight excluding hydrogens is 240 g/mol. The number of carbonyl (C=O) groups is 1. The minimum absolute atomic E-state index is 0.0921. The molecular formula is C10H16N4O2S. The molecule has 1 aliphatic heterocycles. The van der Waals surface area contributed by atoms with E-state index in [0.29, 0.717) is 22.9 Å². The number of anilines is 1. The van der Waals surface area contributed by atoms with Gasteiger partial charge in [-0.3, -0.25) is 13.7 Å². The number of amides is 1. The predicted molar refractivity (Wildman–Crippen MR) is 66.0 cm³/mol. The monoisotopic (exact) mass is 256 g/mol. The minimum atomic E-state index is -0.715. The van der Waals surface area contributed by atoms with Crippen molar-refractivity contribution in [2.45, 2.75) is 18.9 Å². The Bertz CT molecular complexity index is 428. The molecule has 1 fully saturated rings. The third kappa shape index (κ3) is 2.66. The van der Waals surface area contributed by atoms with Crippen LogP contribution in [0.4, 0.5) is 5.69 Å². The second-order valence-electron chi connectivity index (χ2n) is 4.17. The summed E-state index contributed by atoms with van der Waals surface area (Å²) in [5.74, 6) is 1.11. The molecule has 0 unspecified atom stereocenters. The number of hydrogen-bond acceptors (Lipinski definition) is 4. The van der Waals surface area contributed by atoms with Crippen LogP contribution in [0.2, 0.25) is 0 Å². The molecule has 0 aromatic carbocycles. The van der Waals surface area contributed by atoms with Gasteiger partial charge < -0.3 is 11.1 Å². The van der Waals surface area contributed by atoms with Crippen molar-refractivity contribution < 1.29 is 9.00 Å². The number of nitrogen functional groups attached to an aromatic ring is 1. The maximum atomic E-state index is 12.0. The van der Waals surface area contributed by atoms with E-state index in [2.05, 4.69) is 10.4 Å². The molecule has 3 N–H and O–H groups in total. The van der Waals surface area contributed by atoms with Gasteiger partial charge in [-0.2, -0.15) is 5.10 Å². The Labute approximate surface area is 102 Å². The van der Waals surface area contributed by atoms with Crippen LogP contribution in [-0.2, 0) is 17.8 Å². The zero-order valence-electron chi connectivity index (χ0n) is 9.68. The summed E-state index contributed by atoms with van der Waals surface area (Å²) >= 11 is 0. The van der Waals surface area contributed by atoms with E-state index in [1.807, 2.05) is 0 Å². The van der Waals surface area contributed by atoms with Crippen molar-refractivity contribution in [3.05, 3.63) is 11.9 Å². The quantitative estimate of drug-likeness (QED) is 0.756. The van der Waals surface area contributed by atoms with Gasteiger partial charge in [0.15, 0.2) is 0 Å². The van der Waals surface area contributed by atoms with Crippen LogP contribution in [0.25, 0.3) is 0 Å². The van der Waals surface area contributed by atoms with E-state index in [-0.39, 0.29) is 11.9 Å². The number of nitrogens with one attached hydrogen (secondary N) is 1. The van der Waals surface area contributed by atoms with Crippen LogP contribution >= 0.6 is 0 Å². The highest BCUT2D eigenvalue weighted by Crippen LogP contribution is 2.13. The Kier molecular flexibility index (Phi) is 3.46. The number of nitrogens with zero attached hydrogens (tertiary/aromatic N) is 2. The van der Waals surface area contributed by atoms with E-state index in [1.165, 1.54) is 10.9 Å². The van der Waals surface area contributed by atoms with E-state index in [4.69, 9.17) is 5.73 Å². The highest BCUT2D eigenvalue weighted by molar-refractivity contribution is 7.85. The lowest BCUT2D eigenvalue weighted by atomic mass is 10.1. The van der Waals surface area contributed by atoms with Crippen LogP contribution < -0.4 is 11.1 Å². The first-order valence-corrected chi connectivity index (χ1v) is 7.00. The van der Waals surface area contributed by atoms with Gasteiger partial charge in [0.1, 0.15) is 5.69 Å². The van der Waals surface area contributed by atoms with Crippen molar-refractivity contribution >= 4 is 22.4 Å². The molecule has 0 spiro atoms. The highest BCUT2D eigenvalue weighted by atomic mass is 32.2. The zero-order valence-corrected chi connectivity index (χ0v) is 10.5. The van der Waals surface area contributed by atoms with Gasteiger partial charge in [0, 0.05) is 35.4 Å². The molecule has 0 atom stereocenters. The third-order valence-electron chi connectivity index (χ3n) is 2.91. The lowest BCUT2D eigenvalue weighted by Crippen LogP contribution is -2.40. The molecule has 1 aromatic rings. The first-order valence-electron chi connectivity index (χ1n) is 5.51. The van der Waals surface area contributed by atoms with Crippen LogP contribution in [0.15, 0.2) is 6.20 Å². The zero-order chi connectivity index (χ0) is 12.4. The van der Waals surface area contributed by atoms with E-state index < -0.39 is 10.8 Å². The fraction of sp³-hybridized carbons (Fsp3) is 0.600. The molecule has 1 aliphatic rings. The fourth-order valence-corrected chi connectivity index (χ4v) is 3.22. The van der Waals surface area contributed by atoms with E-state index in [1.54, 1.807) is 7.05 Å². The molecule has 0 bridgehead atoms. The normalized spacial score (nSPS) is 24.5. The molecule has 0 aliphatic carbocycles. The largest absolute Gasteiger partial charge is 0.396 e. The standard InChI is InChI=1S/C10H16N4O2S/c1-14-9(8(11)6-12-14)10(15)13-7-2-4-17(16)5-3-7/h6-7H,2-5,11H2,1H3,(H,13,15). The second kappa shape index (κ2) is 4.87. The van der Waals surface area contributed by atoms with Gasteiger partial charge in [0.05, 0.1) is 11.9 Å². The molecule has 1 aromatic heterocycles. The van der Waals surface area contributed by atoms with Gasteiger partial charge in [0.2, 0.25) is 0 Å². The third-order valence-corrected chi connectivity index (χ3v) is 4.29. The molecule has 0 saturated carbocycles.